The highest BCUT2D eigenvalue weighted by Crippen LogP contribution is 2.70. The van der Waals surface area contributed by atoms with Gasteiger partial charge in [0.2, 0.25) is 0 Å². The summed E-state index contributed by atoms with van der Waals surface area (Å²) >= 11 is 0. The number of hydrogen-bond donors (Lipinski definition) is 1. The molecule has 2 unspecified atom stereocenters. The quantitative estimate of drug-likeness (QED) is 0.164. The number of methoxy groups -OCH3 is 1. The predicted octanol–water partition coefficient (Wildman–Crippen LogP) is 6.24. The molecule has 9 nitrogen and oxygen atoms in total. The molecule has 4 heterocycles. The normalized spacial score (nSPS) is 39.3. The van der Waals surface area contributed by atoms with Crippen LogP contribution in [0.1, 0.15) is 108 Å². The summed E-state index contributed by atoms with van der Waals surface area (Å²) in [4.78, 5) is 42.0. The van der Waals surface area contributed by atoms with Crippen LogP contribution in [-0.2, 0) is 30.2 Å². The summed E-state index contributed by atoms with van der Waals surface area (Å²) in [5, 5.41) is 12.3. The molecule has 8 atom stereocenters. The lowest BCUT2D eigenvalue weighted by Crippen LogP contribution is -2.72. The summed E-state index contributed by atoms with van der Waals surface area (Å²) in [5.41, 5.74) is -1.32. The molecular formula is C39H46O9. The number of ketones is 2. The van der Waals surface area contributed by atoms with Crippen LogP contribution in [0.2, 0.25) is 0 Å². The molecule has 9 heteroatoms. The molecule has 1 aromatic rings. The topological polar surface area (TPSA) is 121 Å². The van der Waals surface area contributed by atoms with Crippen LogP contribution >= 0.6 is 0 Å². The van der Waals surface area contributed by atoms with Gasteiger partial charge >= 0.3 is 5.97 Å². The molecule has 2 saturated carbocycles. The Morgan fingerprint density at radius 2 is 1.81 bits per heavy atom. The van der Waals surface area contributed by atoms with E-state index in [2.05, 4.69) is 19.9 Å². The first-order chi connectivity index (χ1) is 22.5. The average molecular weight is 659 g/mol. The van der Waals surface area contributed by atoms with E-state index in [1.165, 1.54) is 7.11 Å². The molecule has 8 aliphatic rings. The Balaban J connectivity index is 1.38. The summed E-state index contributed by atoms with van der Waals surface area (Å²) in [7, 11) is 1.31. The number of hydrogen-bond acceptors (Lipinski definition) is 9. The summed E-state index contributed by atoms with van der Waals surface area (Å²) in [6.45, 7) is 14.5. The number of carbonyl (C=O) groups excluding carboxylic acids is 3. The van der Waals surface area contributed by atoms with Gasteiger partial charge in [-0.2, -0.15) is 0 Å². The number of aromatic hydroxyl groups is 1. The highest BCUT2D eigenvalue weighted by molar-refractivity contribution is 6.18. The molecule has 4 aliphatic heterocycles. The molecule has 1 spiro atoms. The largest absolute Gasteiger partial charge is 0.507 e. The Morgan fingerprint density at radius 1 is 1.08 bits per heavy atom. The van der Waals surface area contributed by atoms with Crippen LogP contribution in [0, 0.1) is 17.8 Å². The summed E-state index contributed by atoms with van der Waals surface area (Å²) in [6, 6.07) is 0. The van der Waals surface area contributed by atoms with E-state index in [1.807, 2.05) is 27.7 Å². The SMILES string of the molecule is COC(=O)/C(C)=C\C[C@@]12OC(C)(C)[C@@H]3C[C@@H](C=C4C(=O)c5c(O)c6c(c(CC=C(C)C)c5O[C@]431)O[C@]1(C)CCC(C3(C)CO3)[C@@H]6C1)C2=O. The smallest absolute Gasteiger partial charge is 0.333 e. The zero-order valence-corrected chi connectivity index (χ0v) is 29.2. The van der Waals surface area contributed by atoms with Crippen molar-refractivity contribution in [3.63, 3.8) is 0 Å². The van der Waals surface area contributed by atoms with E-state index in [1.54, 1.807) is 19.1 Å². The van der Waals surface area contributed by atoms with Crippen LogP contribution in [0.15, 0.2) is 34.9 Å². The monoisotopic (exact) mass is 658 g/mol. The standard InChI is InChI=1S/C39H46O9/c1-19(2)9-10-22-31-27(23-17-36(6,46-31)13-12-24(23)37(7)18-45-37)30(41)28-29(40)25-15-21-16-26-35(4,5)48-38(33(21)42,39(25,26)47-32(22)28)14-11-20(3)34(43)44-8/h9,11,15,21,23-24,26,41H,10,12-14,16-18H2,1-8H3/b20-11-/t21-,23+,24?,26+,36-,37?,38+,39-/m1/s1. The van der Waals surface area contributed by atoms with E-state index in [0.29, 0.717) is 47.5 Å². The maximum Gasteiger partial charge on any atom is 0.333 e. The van der Waals surface area contributed by atoms with E-state index < -0.39 is 34.3 Å². The molecular weight excluding hydrogens is 612 g/mol. The van der Waals surface area contributed by atoms with Gasteiger partial charge in [0.25, 0.3) is 0 Å². The van der Waals surface area contributed by atoms with Gasteiger partial charge in [0, 0.05) is 46.4 Å². The number of benzene rings is 1. The maximum atomic E-state index is 15.1. The molecule has 9 rings (SSSR count). The highest BCUT2D eigenvalue weighted by Gasteiger charge is 2.81. The van der Waals surface area contributed by atoms with Crippen LogP contribution in [-0.4, -0.2) is 64.4 Å². The summed E-state index contributed by atoms with van der Waals surface area (Å²) in [6.07, 6.45) is 8.88. The van der Waals surface area contributed by atoms with Gasteiger partial charge in [-0.1, -0.05) is 23.8 Å². The van der Waals surface area contributed by atoms with Crippen LogP contribution in [0.4, 0.5) is 0 Å². The zero-order chi connectivity index (χ0) is 34.3. The first-order valence-electron chi connectivity index (χ1n) is 17.4. The van der Waals surface area contributed by atoms with Crippen molar-refractivity contribution in [2.45, 2.75) is 121 Å². The Hall–Kier alpha value is -3.43. The summed E-state index contributed by atoms with van der Waals surface area (Å²) in [5.74, 6) is -1.07. The van der Waals surface area contributed by atoms with E-state index in [-0.39, 0.29) is 58.4 Å². The highest BCUT2D eigenvalue weighted by atomic mass is 16.6. The molecule has 2 saturated heterocycles. The van der Waals surface area contributed by atoms with Crippen molar-refractivity contribution in [1.29, 1.82) is 0 Å². The van der Waals surface area contributed by atoms with Gasteiger partial charge in [-0.3, -0.25) is 9.59 Å². The minimum atomic E-state index is -1.57. The molecule has 4 aliphatic carbocycles. The third-order valence-electron chi connectivity index (χ3n) is 12.7. The Morgan fingerprint density at radius 3 is 2.48 bits per heavy atom. The van der Waals surface area contributed by atoms with Gasteiger partial charge in [0.1, 0.15) is 28.4 Å². The number of fused-ring (bicyclic) bond motifs is 5. The van der Waals surface area contributed by atoms with Gasteiger partial charge in [0.05, 0.1) is 24.9 Å². The molecule has 256 valence electrons. The van der Waals surface area contributed by atoms with Gasteiger partial charge in [0.15, 0.2) is 22.8 Å². The van der Waals surface area contributed by atoms with Crippen LogP contribution in [0.25, 0.3) is 0 Å². The van der Waals surface area contributed by atoms with Crippen molar-refractivity contribution in [2.75, 3.05) is 13.7 Å². The lowest BCUT2D eigenvalue weighted by Gasteiger charge is -2.56. The number of phenols is 1. The second-order valence-electron chi connectivity index (χ2n) is 16.5. The number of esters is 1. The second-order valence-corrected chi connectivity index (χ2v) is 16.5. The number of epoxide rings is 1. The first kappa shape index (κ1) is 31.8. The fraction of sp³-hybridized carbons (Fsp3) is 0.615. The average Bonchev–Trinajstić information content (AvgIpc) is 3.74. The minimum absolute atomic E-state index is 0.0281. The first-order valence-corrected chi connectivity index (χ1v) is 17.4. The minimum Gasteiger partial charge on any atom is -0.507 e. The number of phenolic OH excluding ortho intramolecular Hbond substituents is 1. The van der Waals surface area contributed by atoms with Gasteiger partial charge in [-0.15, -0.1) is 0 Å². The van der Waals surface area contributed by atoms with Gasteiger partial charge in [-0.05, 0) is 86.5 Å². The Bertz CT molecular complexity index is 1790. The van der Waals surface area contributed by atoms with E-state index in [4.69, 9.17) is 23.7 Å². The Labute approximate surface area is 281 Å². The number of allylic oxidation sites excluding steroid dienone is 3. The molecule has 0 amide bonds. The van der Waals surface area contributed by atoms with Gasteiger partial charge in [-0.25, -0.2) is 4.79 Å². The van der Waals surface area contributed by atoms with E-state index in [0.717, 1.165) is 24.8 Å². The lowest BCUT2D eigenvalue weighted by molar-refractivity contribution is -0.171. The van der Waals surface area contributed by atoms with Gasteiger partial charge < -0.3 is 28.8 Å². The molecule has 1 N–H and O–H groups in total. The molecule has 0 aromatic heterocycles. The van der Waals surface area contributed by atoms with Crippen molar-refractivity contribution in [2.24, 2.45) is 17.8 Å². The third kappa shape index (κ3) is 3.94. The molecule has 6 bridgehead atoms. The van der Waals surface area contributed by atoms with Crippen molar-refractivity contribution in [3.05, 3.63) is 51.6 Å². The molecule has 4 fully saturated rings. The summed E-state index contributed by atoms with van der Waals surface area (Å²) < 4.78 is 32.0. The predicted molar refractivity (Wildman–Crippen MR) is 175 cm³/mol. The van der Waals surface area contributed by atoms with Crippen LogP contribution in [0.5, 0.6) is 17.2 Å². The van der Waals surface area contributed by atoms with Crippen LogP contribution in [0.3, 0.4) is 0 Å². The van der Waals surface area contributed by atoms with Crippen molar-refractivity contribution < 1.29 is 43.2 Å². The molecule has 1 aromatic carbocycles. The third-order valence-corrected chi connectivity index (χ3v) is 12.7. The molecule has 0 radical (unpaired) electrons. The lowest BCUT2D eigenvalue weighted by atomic mass is 9.51. The van der Waals surface area contributed by atoms with E-state index >= 15 is 4.79 Å². The fourth-order valence-electron chi connectivity index (χ4n) is 10.3. The van der Waals surface area contributed by atoms with Crippen molar-refractivity contribution in [1.82, 2.24) is 0 Å². The number of ether oxygens (including phenoxy) is 5. The van der Waals surface area contributed by atoms with Crippen molar-refractivity contribution >= 4 is 17.5 Å². The number of rotatable bonds is 6. The fourth-order valence-corrected chi connectivity index (χ4v) is 10.3. The Kier molecular flexibility index (Phi) is 6.52. The van der Waals surface area contributed by atoms with E-state index in [9.17, 15) is 14.7 Å². The van der Waals surface area contributed by atoms with Crippen LogP contribution < -0.4 is 9.47 Å². The number of carbonyl (C=O) groups is 3. The molecule has 48 heavy (non-hydrogen) atoms. The van der Waals surface area contributed by atoms with Crippen molar-refractivity contribution in [3.8, 4) is 17.2 Å². The zero-order valence-electron chi connectivity index (χ0n) is 29.2. The number of Topliss-reactive ketones (excluding diaryl/α,β-unsaturated/α-hetero) is 2. The maximum absolute atomic E-state index is 15.1. The second kappa shape index (κ2) is 9.84.